The Morgan fingerprint density at radius 3 is 2.62 bits per heavy atom. The lowest BCUT2D eigenvalue weighted by Gasteiger charge is -2.49. The third kappa shape index (κ3) is 4.08. The number of rotatable bonds is 4. The van der Waals surface area contributed by atoms with Gasteiger partial charge in [-0.15, -0.1) is 0 Å². The summed E-state index contributed by atoms with van der Waals surface area (Å²) in [6, 6.07) is 6.96. The molecule has 3 nitrogen and oxygen atoms in total. The summed E-state index contributed by atoms with van der Waals surface area (Å²) in [7, 11) is -1.82. The summed E-state index contributed by atoms with van der Waals surface area (Å²) in [6.07, 6.45) is 8.88. The Morgan fingerprint density at radius 2 is 1.94 bits per heavy atom. The van der Waals surface area contributed by atoms with Crippen LogP contribution in [0.3, 0.4) is 0 Å². The van der Waals surface area contributed by atoms with Gasteiger partial charge in [-0.3, -0.25) is 0 Å². The highest BCUT2D eigenvalue weighted by molar-refractivity contribution is 6.74. The molecule has 0 aromatic heterocycles. The minimum Gasteiger partial charge on any atom is -0.543 e. The highest BCUT2D eigenvalue weighted by Gasteiger charge is 2.52. The lowest BCUT2D eigenvalue weighted by atomic mass is 9.55. The van der Waals surface area contributed by atoms with Crippen LogP contribution >= 0.6 is 0 Å². The van der Waals surface area contributed by atoms with Gasteiger partial charge in [0, 0.05) is 6.08 Å². The van der Waals surface area contributed by atoms with Crippen LogP contribution in [0.2, 0.25) is 18.1 Å². The van der Waals surface area contributed by atoms with Crippen LogP contribution in [0, 0.1) is 17.3 Å². The maximum Gasteiger partial charge on any atom is 0.330 e. The number of aryl methyl sites for hydroxylation is 1. The summed E-state index contributed by atoms with van der Waals surface area (Å²) >= 11 is 0. The molecule has 0 radical (unpaired) electrons. The van der Waals surface area contributed by atoms with Crippen molar-refractivity contribution >= 4 is 14.3 Å². The molecule has 0 bridgehead atoms. The van der Waals surface area contributed by atoms with Crippen LogP contribution in [-0.2, 0) is 16.0 Å². The van der Waals surface area contributed by atoms with E-state index in [1.807, 2.05) is 13.0 Å². The highest BCUT2D eigenvalue weighted by atomic mass is 28.4. The van der Waals surface area contributed by atoms with Crippen LogP contribution < -0.4 is 4.43 Å². The Hall–Kier alpha value is -1.55. The molecule has 3 aliphatic rings. The molecule has 4 heteroatoms. The quantitative estimate of drug-likeness (QED) is 0.270. The molecule has 1 aromatic rings. The number of hydrogen-bond donors (Lipinski definition) is 0. The normalized spacial score (nSPS) is 31.0. The average molecular weight is 455 g/mol. The first kappa shape index (κ1) is 23.6. The number of carbonyl (C=O) groups excluding carboxylic acids is 1. The van der Waals surface area contributed by atoms with E-state index in [2.05, 4.69) is 59.0 Å². The summed E-state index contributed by atoms with van der Waals surface area (Å²) in [5.74, 6) is 2.96. The molecule has 4 atom stereocenters. The molecule has 3 aliphatic carbocycles. The Labute approximate surface area is 196 Å². The zero-order valence-corrected chi connectivity index (χ0v) is 22.2. The van der Waals surface area contributed by atoms with Crippen molar-refractivity contribution in [3.63, 3.8) is 0 Å². The van der Waals surface area contributed by atoms with Crippen molar-refractivity contribution in [1.82, 2.24) is 0 Å². The number of ether oxygens (including phenoxy) is 1. The number of esters is 1. The van der Waals surface area contributed by atoms with Gasteiger partial charge in [-0.25, -0.2) is 4.79 Å². The van der Waals surface area contributed by atoms with Crippen molar-refractivity contribution in [3.8, 4) is 5.75 Å². The van der Waals surface area contributed by atoms with Gasteiger partial charge < -0.3 is 9.16 Å². The van der Waals surface area contributed by atoms with Gasteiger partial charge in [-0.2, -0.15) is 0 Å². The van der Waals surface area contributed by atoms with Crippen molar-refractivity contribution in [1.29, 1.82) is 0 Å². The number of hydrogen-bond acceptors (Lipinski definition) is 3. The highest BCUT2D eigenvalue weighted by Crippen LogP contribution is 2.62. The van der Waals surface area contributed by atoms with E-state index in [0.29, 0.717) is 18.4 Å². The zero-order chi connectivity index (χ0) is 23.3. The lowest BCUT2D eigenvalue weighted by Crippen LogP contribution is -2.44. The number of carbonyl (C=O) groups is 1. The molecule has 2 saturated carbocycles. The molecule has 2 fully saturated rings. The zero-order valence-electron chi connectivity index (χ0n) is 21.2. The van der Waals surface area contributed by atoms with Gasteiger partial charge in [-0.05, 0) is 110 Å². The second kappa shape index (κ2) is 8.34. The molecule has 0 saturated heterocycles. The maximum atomic E-state index is 12.1. The van der Waals surface area contributed by atoms with E-state index in [4.69, 9.17) is 9.16 Å². The average Bonchev–Trinajstić information content (AvgIpc) is 3.03. The number of allylic oxidation sites excluding steroid dienone is 1. The Balaban J connectivity index is 1.55. The molecule has 0 aliphatic heterocycles. The second-order valence-electron chi connectivity index (χ2n) is 12.1. The summed E-state index contributed by atoms with van der Waals surface area (Å²) in [5.41, 5.74) is 4.57. The van der Waals surface area contributed by atoms with Crippen LogP contribution in [0.5, 0.6) is 5.75 Å². The smallest absolute Gasteiger partial charge is 0.330 e. The van der Waals surface area contributed by atoms with Gasteiger partial charge in [0.25, 0.3) is 0 Å². The summed E-state index contributed by atoms with van der Waals surface area (Å²) in [4.78, 5) is 12.1. The third-order valence-electron chi connectivity index (χ3n) is 9.30. The van der Waals surface area contributed by atoms with Gasteiger partial charge >= 0.3 is 5.97 Å². The number of benzene rings is 1. The van der Waals surface area contributed by atoms with E-state index in [1.165, 1.54) is 36.8 Å². The first-order chi connectivity index (χ1) is 15.0. The molecule has 176 valence electrons. The van der Waals surface area contributed by atoms with Crippen LogP contribution in [0.4, 0.5) is 0 Å². The molecule has 0 heterocycles. The third-order valence-corrected chi connectivity index (χ3v) is 13.7. The molecule has 0 amide bonds. The van der Waals surface area contributed by atoms with E-state index in [0.717, 1.165) is 24.5 Å². The van der Waals surface area contributed by atoms with Crippen LogP contribution in [0.15, 0.2) is 29.8 Å². The Kier molecular flexibility index (Phi) is 6.15. The monoisotopic (exact) mass is 454 g/mol. The van der Waals surface area contributed by atoms with E-state index < -0.39 is 8.32 Å². The van der Waals surface area contributed by atoms with Crippen molar-refractivity contribution in [3.05, 3.63) is 41.0 Å². The molecule has 0 unspecified atom stereocenters. The molecule has 32 heavy (non-hydrogen) atoms. The molecule has 0 spiro atoms. The topological polar surface area (TPSA) is 35.5 Å². The molecular formula is C28H42O3Si. The fraction of sp³-hybridized carbons (Fsp3) is 0.679. The fourth-order valence-corrected chi connectivity index (χ4v) is 7.50. The first-order valence-corrected chi connectivity index (χ1v) is 15.6. The first-order valence-electron chi connectivity index (χ1n) is 12.7. The van der Waals surface area contributed by atoms with Gasteiger partial charge in [0.15, 0.2) is 0 Å². The van der Waals surface area contributed by atoms with Gasteiger partial charge in [0.1, 0.15) is 5.75 Å². The minimum atomic E-state index is -1.82. The van der Waals surface area contributed by atoms with Gasteiger partial charge in [0.05, 0.1) is 6.61 Å². The van der Waals surface area contributed by atoms with Crippen molar-refractivity contribution < 1.29 is 14.0 Å². The van der Waals surface area contributed by atoms with E-state index >= 15 is 0 Å². The number of fused-ring (bicyclic) bond motifs is 5. The van der Waals surface area contributed by atoms with E-state index in [9.17, 15) is 4.79 Å². The SMILES string of the molecule is CCOC(=O)/C=C1\CC[C@H]2[C@@H]3CCc4cc(O[Si](C)(C)C(C)(C)C)ccc4[C@H]3CC[C@]12C. The Morgan fingerprint density at radius 1 is 1.19 bits per heavy atom. The fourth-order valence-electron chi connectivity index (χ4n) is 6.48. The van der Waals surface area contributed by atoms with Gasteiger partial charge in [0.2, 0.25) is 8.32 Å². The van der Waals surface area contributed by atoms with E-state index in [1.54, 1.807) is 5.56 Å². The molecule has 1 aromatic carbocycles. The molecule has 0 N–H and O–H groups in total. The Bertz CT molecular complexity index is 910. The van der Waals surface area contributed by atoms with E-state index in [-0.39, 0.29) is 16.4 Å². The lowest BCUT2D eigenvalue weighted by molar-refractivity contribution is -0.137. The summed E-state index contributed by atoms with van der Waals surface area (Å²) < 4.78 is 11.8. The van der Waals surface area contributed by atoms with Crippen LogP contribution in [0.25, 0.3) is 0 Å². The van der Waals surface area contributed by atoms with Crippen molar-refractivity contribution in [2.45, 2.75) is 97.2 Å². The van der Waals surface area contributed by atoms with Gasteiger partial charge in [-0.1, -0.05) is 39.3 Å². The second-order valence-corrected chi connectivity index (χ2v) is 16.8. The minimum absolute atomic E-state index is 0.158. The standard InChI is InChI=1S/C28H42O3Si/c1-8-30-26(29)18-20-10-14-25-24-12-9-19-17-21(31-32(6,7)27(2,3)4)11-13-22(19)23(24)15-16-28(20,25)5/h11,13,17-18,23-25H,8-10,12,14-16H2,1-7H3/b20-18+/t23-,24-,25+,28-/m1/s1. The van der Waals surface area contributed by atoms with Crippen molar-refractivity contribution in [2.24, 2.45) is 17.3 Å². The largest absolute Gasteiger partial charge is 0.543 e. The van der Waals surface area contributed by atoms with Crippen LogP contribution in [0.1, 0.15) is 83.8 Å². The predicted octanol–water partition coefficient (Wildman–Crippen LogP) is 7.42. The molecular weight excluding hydrogens is 412 g/mol. The van der Waals surface area contributed by atoms with Crippen molar-refractivity contribution in [2.75, 3.05) is 6.61 Å². The summed E-state index contributed by atoms with van der Waals surface area (Å²) in [5, 5.41) is 0.207. The van der Waals surface area contributed by atoms with Crippen LogP contribution in [-0.4, -0.2) is 20.9 Å². The maximum absolute atomic E-state index is 12.1. The summed E-state index contributed by atoms with van der Waals surface area (Å²) in [6.45, 7) is 16.3. The predicted molar refractivity (Wildman–Crippen MR) is 134 cm³/mol. The molecule has 4 rings (SSSR count).